The molecule has 132 valence electrons. The maximum Gasteiger partial charge on any atom is 0.264 e. The Bertz CT molecular complexity index is 1070. The second-order valence-corrected chi connectivity index (χ2v) is 8.38. The first kappa shape index (κ1) is 16.5. The van der Waals surface area contributed by atoms with Crippen molar-refractivity contribution < 1.29 is 17.9 Å². The third kappa shape index (κ3) is 2.59. The average Bonchev–Trinajstić information content (AvgIpc) is 3.39. The highest BCUT2D eigenvalue weighted by Gasteiger charge is 2.52. The third-order valence-electron chi connectivity index (χ3n) is 4.67. The van der Waals surface area contributed by atoms with Gasteiger partial charge in [0.2, 0.25) is 5.91 Å². The van der Waals surface area contributed by atoms with Gasteiger partial charge < -0.3 is 10.5 Å². The highest BCUT2D eigenvalue weighted by atomic mass is 32.2. The third-order valence-corrected chi connectivity index (χ3v) is 6.42. The summed E-state index contributed by atoms with van der Waals surface area (Å²) in [6, 6.07) is 10.8. The molecule has 2 aromatic rings. The quantitative estimate of drug-likeness (QED) is 0.838. The van der Waals surface area contributed by atoms with E-state index in [1.165, 1.54) is 28.6 Å². The summed E-state index contributed by atoms with van der Waals surface area (Å²) in [6.07, 6.45) is 6.95. The number of hydrogen-bond acceptors (Lipinski definition) is 4. The fourth-order valence-electron chi connectivity index (χ4n) is 3.05. The number of amides is 1. The van der Waals surface area contributed by atoms with Crippen molar-refractivity contribution in [1.82, 2.24) is 0 Å². The van der Waals surface area contributed by atoms with Gasteiger partial charge >= 0.3 is 0 Å². The van der Waals surface area contributed by atoms with Gasteiger partial charge in [0, 0.05) is 11.1 Å². The standard InChI is InChI=1S/C19H16N2O4S/c1-2-13-4-3-5-15(10-13)26(23,24)21-12-19(8-9-19)25-17-7-6-14(18(20)22)11-16(17)21/h1,3-7,10-11H,8-9,12H2,(H2,20,22). The van der Waals surface area contributed by atoms with Crippen LogP contribution in [-0.2, 0) is 10.0 Å². The first-order valence-corrected chi connectivity index (χ1v) is 9.51. The normalized spacial score (nSPS) is 17.1. The number of terminal acetylenes is 1. The van der Waals surface area contributed by atoms with Gasteiger partial charge in [-0.1, -0.05) is 12.0 Å². The number of primary amides is 1. The van der Waals surface area contributed by atoms with E-state index in [0.717, 1.165) is 12.8 Å². The molecule has 0 radical (unpaired) electrons. The van der Waals surface area contributed by atoms with E-state index in [0.29, 0.717) is 17.0 Å². The number of sulfonamides is 1. The summed E-state index contributed by atoms with van der Waals surface area (Å²) in [7, 11) is -3.88. The molecule has 1 aliphatic heterocycles. The Labute approximate surface area is 151 Å². The molecule has 0 saturated heterocycles. The molecule has 2 aliphatic rings. The number of ether oxygens (including phenoxy) is 1. The topological polar surface area (TPSA) is 89.7 Å². The van der Waals surface area contributed by atoms with Gasteiger partial charge in [-0.05, 0) is 49.2 Å². The number of hydrogen-bond donors (Lipinski definition) is 1. The number of benzene rings is 2. The highest BCUT2D eigenvalue weighted by Crippen LogP contribution is 2.50. The molecule has 1 aliphatic carbocycles. The lowest BCUT2D eigenvalue weighted by Gasteiger charge is -2.36. The average molecular weight is 368 g/mol. The van der Waals surface area contributed by atoms with Gasteiger partial charge in [-0.15, -0.1) is 6.42 Å². The highest BCUT2D eigenvalue weighted by molar-refractivity contribution is 7.92. The van der Waals surface area contributed by atoms with Gasteiger partial charge in [-0.2, -0.15) is 0 Å². The lowest BCUT2D eigenvalue weighted by molar-refractivity contribution is 0.1000. The van der Waals surface area contributed by atoms with Crippen molar-refractivity contribution in [2.24, 2.45) is 5.73 Å². The monoisotopic (exact) mass is 368 g/mol. The summed E-state index contributed by atoms with van der Waals surface area (Å²) in [5.74, 6) is 2.24. The van der Waals surface area contributed by atoms with Gasteiger partial charge in [0.05, 0.1) is 17.1 Å². The number of nitrogens with zero attached hydrogens (tertiary/aromatic N) is 1. The summed E-state index contributed by atoms with van der Waals surface area (Å²) >= 11 is 0. The second kappa shape index (κ2) is 5.51. The summed E-state index contributed by atoms with van der Waals surface area (Å²) in [5.41, 5.74) is 5.85. The lowest BCUT2D eigenvalue weighted by atomic mass is 10.1. The number of anilines is 1. The molecule has 1 heterocycles. The van der Waals surface area contributed by atoms with E-state index in [-0.39, 0.29) is 17.0 Å². The van der Waals surface area contributed by atoms with Crippen molar-refractivity contribution in [2.45, 2.75) is 23.3 Å². The lowest BCUT2D eigenvalue weighted by Crippen LogP contribution is -2.45. The van der Waals surface area contributed by atoms with Gasteiger partial charge in [0.15, 0.2) is 0 Å². The zero-order valence-electron chi connectivity index (χ0n) is 13.8. The number of carbonyl (C=O) groups excluding carboxylic acids is 1. The van der Waals surface area contributed by atoms with E-state index in [9.17, 15) is 13.2 Å². The molecule has 1 amide bonds. The minimum absolute atomic E-state index is 0.0982. The number of fused-ring (bicyclic) bond motifs is 1. The Hall–Kier alpha value is -2.98. The molecular weight excluding hydrogens is 352 g/mol. The van der Waals surface area contributed by atoms with Crippen LogP contribution in [0.25, 0.3) is 0 Å². The maximum absolute atomic E-state index is 13.3. The van der Waals surface area contributed by atoms with E-state index < -0.39 is 21.5 Å². The van der Waals surface area contributed by atoms with Crippen LogP contribution in [0.5, 0.6) is 5.75 Å². The van der Waals surface area contributed by atoms with Crippen LogP contribution in [0.15, 0.2) is 47.4 Å². The molecule has 0 atom stereocenters. The predicted octanol–water partition coefficient (Wildman–Crippen LogP) is 1.89. The van der Waals surface area contributed by atoms with Crippen LogP contribution in [0.1, 0.15) is 28.8 Å². The largest absolute Gasteiger partial charge is 0.483 e. The molecule has 7 heteroatoms. The molecule has 1 saturated carbocycles. The minimum Gasteiger partial charge on any atom is -0.483 e. The molecular formula is C19H16N2O4S. The van der Waals surface area contributed by atoms with Crippen LogP contribution in [0.3, 0.4) is 0 Å². The number of rotatable bonds is 3. The van der Waals surface area contributed by atoms with Crippen molar-refractivity contribution in [3.8, 4) is 18.1 Å². The van der Waals surface area contributed by atoms with Gasteiger partial charge in [-0.25, -0.2) is 8.42 Å². The molecule has 0 unspecified atom stereocenters. The van der Waals surface area contributed by atoms with E-state index in [4.69, 9.17) is 16.9 Å². The van der Waals surface area contributed by atoms with Crippen LogP contribution >= 0.6 is 0 Å². The van der Waals surface area contributed by atoms with Gasteiger partial charge in [-0.3, -0.25) is 9.10 Å². The molecule has 2 aromatic carbocycles. The summed E-state index contributed by atoms with van der Waals surface area (Å²) in [6.45, 7) is 0.185. The van der Waals surface area contributed by atoms with Crippen molar-refractivity contribution in [3.63, 3.8) is 0 Å². The van der Waals surface area contributed by atoms with Crippen LogP contribution in [0, 0.1) is 12.3 Å². The van der Waals surface area contributed by atoms with E-state index >= 15 is 0 Å². The molecule has 4 rings (SSSR count). The molecule has 0 aromatic heterocycles. The van der Waals surface area contributed by atoms with E-state index in [2.05, 4.69) is 5.92 Å². The Morgan fingerprint density at radius 2 is 2.00 bits per heavy atom. The molecule has 1 fully saturated rings. The van der Waals surface area contributed by atoms with Gasteiger partial charge in [0.25, 0.3) is 10.0 Å². The fourth-order valence-corrected chi connectivity index (χ4v) is 4.64. The molecule has 2 N–H and O–H groups in total. The SMILES string of the molecule is C#Cc1cccc(S(=O)(=O)N2CC3(CC3)Oc3ccc(C(N)=O)cc32)c1. The van der Waals surface area contributed by atoms with Crippen LogP contribution in [0.4, 0.5) is 5.69 Å². The van der Waals surface area contributed by atoms with Crippen molar-refractivity contribution >= 4 is 21.6 Å². The number of nitrogens with two attached hydrogens (primary N) is 1. The molecule has 6 nitrogen and oxygen atoms in total. The zero-order chi connectivity index (χ0) is 18.5. The first-order chi connectivity index (χ1) is 12.3. The van der Waals surface area contributed by atoms with E-state index in [1.807, 2.05) is 0 Å². The van der Waals surface area contributed by atoms with Gasteiger partial charge in [0.1, 0.15) is 11.4 Å². The summed E-state index contributed by atoms with van der Waals surface area (Å²) < 4.78 is 33.9. The first-order valence-electron chi connectivity index (χ1n) is 8.07. The van der Waals surface area contributed by atoms with E-state index in [1.54, 1.807) is 18.2 Å². The zero-order valence-corrected chi connectivity index (χ0v) is 14.6. The van der Waals surface area contributed by atoms with Crippen LogP contribution in [0.2, 0.25) is 0 Å². The Morgan fingerprint density at radius 3 is 2.65 bits per heavy atom. The smallest absolute Gasteiger partial charge is 0.264 e. The molecule has 0 bridgehead atoms. The van der Waals surface area contributed by atoms with Crippen molar-refractivity contribution in [3.05, 3.63) is 53.6 Å². The van der Waals surface area contributed by atoms with Crippen LogP contribution < -0.4 is 14.8 Å². The van der Waals surface area contributed by atoms with Crippen LogP contribution in [-0.4, -0.2) is 26.5 Å². The maximum atomic E-state index is 13.3. The Balaban J connectivity index is 1.86. The predicted molar refractivity (Wildman–Crippen MR) is 96.5 cm³/mol. The minimum atomic E-state index is -3.88. The second-order valence-electron chi connectivity index (χ2n) is 6.52. The van der Waals surface area contributed by atoms with Crippen molar-refractivity contribution in [1.29, 1.82) is 0 Å². The summed E-state index contributed by atoms with van der Waals surface area (Å²) in [4.78, 5) is 11.6. The Morgan fingerprint density at radius 1 is 1.23 bits per heavy atom. The Kier molecular flexibility index (Phi) is 3.49. The fraction of sp³-hybridized carbons (Fsp3) is 0.211. The molecule has 1 spiro atoms. The number of carbonyl (C=O) groups is 1. The molecule has 26 heavy (non-hydrogen) atoms. The summed E-state index contributed by atoms with van der Waals surface area (Å²) in [5, 5.41) is 0. The van der Waals surface area contributed by atoms with Crippen molar-refractivity contribution in [2.75, 3.05) is 10.8 Å².